The van der Waals surface area contributed by atoms with Gasteiger partial charge in [0, 0.05) is 6.54 Å². The second-order valence-corrected chi connectivity index (χ2v) is 3.74. The van der Waals surface area contributed by atoms with Gasteiger partial charge in [-0.05, 0) is 37.0 Å². The average molecular weight is 154 g/mol. The molecular weight excluding hydrogens is 140 g/mol. The lowest BCUT2D eigenvalue weighted by Gasteiger charge is -1.98. The van der Waals surface area contributed by atoms with Crippen molar-refractivity contribution >= 4 is 6.03 Å². The number of amides is 2. The van der Waals surface area contributed by atoms with Gasteiger partial charge in [0.1, 0.15) is 0 Å². The minimum atomic E-state index is -0.383. The Morgan fingerprint density at radius 1 is 1.55 bits per heavy atom. The van der Waals surface area contributed by atoms with Gasteiger partial charge in [-0.15, -0.1) is 0 Å². The van der Waals surface area contributed by atoms with Crippen molar-refractivity contribution in [3.8, 4) is 0 Å². The summed E-state index contributed by atoms with van der Waals surface area (Å²) in [5.74, 6) is 2.66. The molecule has 0 saturated heterocycles. The molecule has 3 heteroatoms. The lowest BCUT2D eigenvalue weighted by Crippen LogP contribution is -2.31. The highest BCUT2D eigenvalue weighted by molar-refractivity contribution is 5.71. The summed E-state index contributed by atoms with van der Waals surface area (Å²) < 4.78 is 0. The van der Waals surface area contributed by atoms with Crippen LogP contribution in [0.5, 0.6) is 0 Å². The quantitative estimate of drug-likeness (QED) is 0.617. The van der Waals surface area contributed by atoms with Crippen LogP contribution in [0.4, 0.5) is 4.79 Å². The van der Waals surface area contributed by atoms with Crippen molar-refractivity contribution in [3.05, 3.63) is 0 Å². The van der Waals surface area contributed by atoms with Crippen LogP contribution in [-0.2, 0) is 0 Å². The van der Waals surface area contributed by atoms with Crippen molar-refractivity contribution < 1.29 is 4.79 Å². The van der Waals surface area contributed by atoms with Crippen molar-refractivity contribution in [2.45, 2.75) is 19.3 Å². The molecule has 2 amide bonds. The Morgan fingerprint density at radius 2 is 2.27 bits per heavy atom. The number of hydrogen-bond donors (Lipinski definition) is 2. The molecule has 0 heterocycles. The third-order valence-electron chi connectivity index (χ3n) is 2.74. The van der Waals surface area contributed by atoms with Crippen LogP contribution in [0.1, 0.15) is 19.3 Å². The predicted octanol–water partition coefficient (Wildman–Crippen LogP) is 0.701. The number of hydrogen-bond acceptors (Lipinski definition) is 1. The Morgan fingerprint density at radius 3 is 2.82 bits per heavy atom. The average Bonchev–Trinajstić information content (AvgIpc) is 2.79. The van der Waals surface area contributed by atoms with Crippen molar-refractivity contribution in [2.75, 3.05) is 6.54 Å². The van der Waals surface area contributed by atoms with Crippen LogP contribution in [0.15, 0.2) is 0 Å². The second kappa shape index (κ2) is 2.40. The van der Waals surface area contributed by atoms with Gasteiger partial charge in [-0.25, -0.2) is 4.79 Å². The molecule has 3 N–H and O–H groups in total. The van der Waals surface area contributed by atoms with Gasteiger partial charge in [-0.3, -0.25) is 0 Å². The fourth-order valence-electron chi connectivity index (χ4n) is 1.84. The van der Waals surface area contributed by atoms with E-state index in [4.69, 9.17) is 5.73 Å². The number of carbonyl (C=O) groups is 1. The number of urea groups is 1. The predicted molar refractivity (Wildman–Crippen MR) is 41.9 cm³/mol. The Kier molecular flexibility index (Phi) is 1.51. The van der Waals surface area contributed by atoms with Crippen LogP contribution in [0.25, 0.3) is 0 Å². The van der Waals surface area contributed by atoms with E-state index in [-0.39, 0.29) is 6.03 Å². The molecule has 0 radical (unpaired) electrons. The maximum Gasteiger partial charge on any atom is 0.312 e. The Labute approximate surface area is 66.3 Å². The van der Waals surface area contributed by atoms with E-state index in [1.54, 1.807) is 0 Å². The SMILES string of the molecule is NC(=O)NCC1CC1C1CC1. The summed E-state index contributed by atoms with van der Waals surface area (Å²) in [6.07, 6.45) is 4.14. The molecule has 3 nitrogen and oxygen atoms in total. The summed E-state index contributed by atoms with van der Waals surface area (Å²) in [7, 11) is 0. The highest BCUT2D eigenvalue weighted by Crippen LogP contribution is 2.53. The lowest BCUT2D eigenvalue weighted by atomic mass is 10.2. The van der Waals surface area contributed by atoms with E-state index < -0.39 is 0 Å². The highest BCUT2D eigenvalue weighted by atomic mass is 16.2. The molecule has 0 aliphatic heterocycles. The second-order valence-electron chi connectivity index (χ2n) is 3.74. The number of carbonyl (C=O) groups excluding carboxylic acids is 1. The number of nitrogens with two attached hydrogens (primary N) is 1. The first-order chi connectivity index (χ1) is 5.27. The van der Waals surface area contributed by atoms with E-state index in [1.165, 1.54) is 19.3 Å². The molecule has 2 unspecified atom stereocenters. The maximum atomic E-state index is 10.3. The van der Waals surface area contributed by atoms with Crippen LogP contribution in [0, 0.1) is 17.8 Å². The van der Waals surface area contributed by atoms with Crippen LogP contribution in [0.2, 0.25) is 0 Å². The van der Waals surface area contributed by atoms with E-state index in [0.717, 1.165) is 24.3 Å². The van der Waals surface area contributed by atoms with Gasteiger partial charge >= 0.3 is 6.03 Å². The molecule has 0 aromatic rings. The van der Waals surface area contributed by atoms with Crippen molar-refractivity contribution in [1.82, 2.24) is 5.32 Å². The summed E-state index contributed by atoms with van der Waals surface area (Å²) in [4.78, 5) is 10.3. The fraction of sp³-hybridized carbons (Fsp3) is 0.875. The molecule has 2 aliphatic carbocycles. The minimum absolute atomic E-state index is 0.383. The van der Waals surface area contributed by atoms with E-state index in [1.807, 2.05) is 0 Å². The Bertz CT molecular complexity index is 177. The molecule has 2 saturated carbocycles. The standard InChI is InChI=1S/C8H14N2O/c9-8(11)10-4-6-3-7(6)5-1-2-5/h5-7H,1-4H2,(H3,9,10,11). The van der Waals surface area contributed by atoms with Crippen molar-refractivity contribution in [3.63, 3.8) is 0 Å². The third-order valence-corrected chi connectivity index (χ3v) is 2.74. The first-order valence-corrected chi connectivity index (χ1v) is 4.30. The lowest BCUT2D eigenvalue weighted by molar-refractivity contribution is 0.248. The summed E-state index contributed by atoms with van der Waals surface area (Å²) in [6, 6.07) is -0.383. The number of primary amides is 1. The number of nitrogens with one attached hydrogen (secondary N) is 1. The van der Waals surface area contributed by atoms with Gasteiger partial charge in [0.2, 0.25) is 0 Å². The van der Waals surface area contributed by atoms with Gasteiger partial charge < -0.3 is 11.1 Å². The van der Waals surface area contributed by atoms with Gasteiger partial charge in [-0.2, -0.15) is 0 Å². The summed E-state index contributed by atoms with van der Waals surface area (Å²) in [6.45, 7) is 0.802. The van der Waals surface area contributed by atoms with E-state index in [2.05, 4.69) is 5.32 Å². The smallest absolute Gasteiger partial charge is 0.312 e. The normalized spacial score (nSPS) is 34.9. The summed E-state index contributed by atoms with van der Waals surface area (Å²) in [5, 5.41) is 2.66. The molecule has 0 aromatic heterocycles. The minimum Gasteiger partial charge on any atom is -0.352 e. The molecule has 11 heavy (non-hydrogen) atoms. The zero-order valence-electron chi connectivity index (χ0n) is 6.55. The van der Waals surface area contributed by atoms with Crippen molar-refractivity contribution in [2.24, 2.45) is 23.5 Å². The van der Waals surface area contributed by atoms with Crippen LogP contribution >= 0.6 is 0 Å². The fourth-order valence-corrected chi connectivity index (χ4v) is 1.84. The first kappa shape index (κ1) is 6.95. The monoisotopic (exact) mass is 154 g/mol. The molecule has 0 bridgehead atoms. The van der Waals surface area contributed by atoms with Gasteiger partial charge in [-0.1, -0.05) is 0 Å². The Balaban J connectivity index is 1.63. The van der Waals surface area contributed by atoms with Gasteiger partial charge in [0.15, 0.2) is 0 Å². The molecular formula is C8H14N2O. The number of rotatable bonds is 3. The molecule has 0 spiro atoms. The summed E-state index contributed by atoms with van der Waals surface area (Å²) >= 11 is 0. The summed E-state index contributed by atoms with van der Waals surface area (Å²) in [5.41, 5.74) is 4.96. The van der Waals surface area contributed by atoms with Gasteiger partial charge in [0.25, 0.3) is 0 Å². The van der Waals surface area contributed by atoms with Crippen LogP contribution < -0.4 is 11.1 Å². The molecule has 2 atom stereocenters. The molecule has 2 rings (SSSR count). The largest absolute Gasteiger partial charge is 0.352 e. The topological polar surface area (TPSA) is 55.1 Å². The molecule has 2 aliphatic rings. The van der Waals surface area contributed by atoms with E-state index in [9.17, 15) is 4.79 Å². The van der Waals surface area contributed by atoms with E-state index >= 15 is 0 Å². The van der Waals surface area contributed by atoms with Crippen molar-refractivity contribution in [1.29, 1.82) is 0 Å². The molecule has 0 aromatic carbocycles. The third kappa shape index (κ3) is 1.64. The van der Waals surface area contributed by atoms with E-state index in [0.29, 0.717) is 0 Å². The Hall–Kier alpha value is -0.730. The molecule has 62 valence electrons. The van der Waals surface area contributed by atoms with Gasteiger partial charge in [0.05, 0.1) is 0 Å². The zero-order chi connectivity index (χ0) is 7.84. The first-order valence-electron chi connectivity index (χ1n) is 4.30. The van der Waals surface area contributed by atoms with Crippen LogP contribution in [-0.4, -0.2) is 12.6 Å². The molecule has 2 fully saturated rings. The van der Waals surface area contributed by atoms with Crippen LogP contribution in [0.3, 0.4) is 0 Å². The highest BCUT2D eigenvalue weighted by Gasteiger charge is 2.46. The zero-order valence-corrected chi connectivity index (χ0v) is 6.55. The maximum absolute atomic E-state index is 10.3.